The van der Waals surface area contributed by atoms with E-state index in [2.05, 4.69) is 34.6 Å². The zero-order chi connectivity index (χ0) is 27.3. The van der Waals surface area contributed by atoms with E-state index >= 15 is 0 Å². The van der Waals surface area contributed by atoms with Gasteiger partial charge in [-0.15, -0.1) is 0 Å². The molecule has 0 saturated carbocycles. The van der Waals surface area contributed by atoms with Crippen LogP contribution in [0, 0.1) is 5.92 Å². The fourth-order valence-electron chi connectivity index (χ4n) is 5.60. The molecule has 1 aliphatic carbocycles. The van der Waals surface area contributed by atoms with Gasteiger partial charge in [-0.25, -0.2) is 20.0 Å². The molecule has 0 fully saturated rings. The first-order chi connectivity index (χ1) is 20.2. The van der Waals surface area contributed by atoms with Gasteiger partial charge in [-0.3, -0.25) is 4.99 Å². The number of aliphatic imine (C=N–C) groups is 3. The van der Waals surface area contributed by atoms with Crippen LogP contribution in [-0.2, 0) is 6.54 Å². The Morgan fingerprint density at radius 3 is 2.24 bits per heavy atom. The number of benzene rings is 3. The Kier molecular flexibility index (Phi) is 5.24. The average Bonchev–Trinajstić information content (AvgIpc) is 3.53. The first kappa shape index (κ1) is 23.3. The van der Waals surface area contributed by atoms with E-state index in [1.165, 1.54) is 0 Å². The van der Waals surface area contributed by atoms with Crippen LogP contribution in [0.5, 0.6) is 0 Å². The predicted molar refractivity (Wildman–Crippen MR) is 161 cm³/mol. The summed E-state index contributed by atoms with van der Waals surface area (Å²) in [4.78, 5) is 28.2. The number of H-pyrrole nitrogens is 1. The summed E-state index contributed by atoms with van der Waals surface area (Å²) in [7, 11) is 0. The van der Waals surface area contributed by atoms with Crippen LogP contribution in [0.25, 0.3) is 10.8 Å². The number of hydrogen-bond donors (Lipinski definition) is 3. The number of nitrogens with two attached hydrogens (primary N) is 1. The topological polar surface area (TPSA) is 116 Å². The van der Waals surface area contributed by atoms with E-state index in [4.69, 9.17) is 30.7 Å². The molecule has 196 valence electrons. The maximum atomic E-state index is 6.68. The third-order valence-electron chi connectivity index (χ3n) is 7.59. The summed E-state index contributed by atoms with van der Waals surface area (Å²) in [5.74, 6) is 2.91. The molecule has 4 heterocycles. The lowest BCUT2D eigenvalue weighted by atomic mass is 9.92. The SMILES string of the molecule is N/C1=N\C2=C3C=CC=CC3C=C(/N=C3\N=C(N=c4[nH]c(c5ccccc45)=NCc4ccccc41)c1ccccc13)N2. The summed E-state index contributed by atoms with van der Waals surface area (Å²) >= 11 is 0. The van der Waals surface area contributed by atoms with Crippen LogP contribution >= 0.6 is 0 Å². The molecule has 3 aliphatic heterocycles. The number of rotatable bonds is 0. The summed E-state index contributed by atoms with van der Waals surface area (Å²) in [5, 5.41) is 5.38. The average molecular weight is 533 g/mol. The predicted octanol–water partition coefficient (Wildman–Crippen LogP) is 3.93. The maximum absolute atomic E-state index is 6.68. The van der Waals surface area contributed by atoms with E-state index in [-0.39, 0.29) is 5.92 Å². The highest BCUT2D eigenvalue weighted by Gasteiger charge is 2.25. The second-order valence-electron chi connectivity index (χ2n) is 10.1. The molecule has 8 nitrogen and oxygen atoms in total. The van der Waals surface area contributed by atoms with Gasteiger partial charge in [0.2, 0.25) is 0 Å². The minimum absolute atomic E-state index is 0.00709. The van der Waals surface area contributed by atoms with E-state index < -0.39 is 0 Å². The van der Waals surface area contributed by atoms with Crippen LogP contribution in [0.1, 0.15) is 22.3 Å². The number of aromatic amines is 1. The summed E-state index contributed by atoms with van der Waals surface area (Å²) in [6.45, 7) is 0.420. The van der Waals surface area contributed by atoms with E-state index in [1.807, 2.05) is 78.9 Å². The van der Waals surface area contributed by atoms with Crippen LogP contribution in [0.4, 0.5) is 0 Å². The Labute approximate surface area is 235 Å². The summed E-state index contributed by atoms with van der Waals surface area (Å²) < 4.78 is 0. The summed E-state index contributed by atoms with van der Waals surface area (Å²) in [6.07, 6.45) is 10.3. The molecule has 0 spiro atoms. The Morgan fingerprint density at radius 1 is 0.707 bits per heavy atom. The van der Waals surface area contributed by atoms with E-state index in [9.17, 15) is 0 Å². The smallest absolute Gasteiger partial charge is 0.164 e. The molecule has 4 aliphatic rings. The van der Waals surface area contributed by atoms with Crippen molar-refractivity contribution in [3.63, 3.8) is 0 Å². The Balaban J connectivity index is 1.41. The Bertz CT molecular complexity index is 2120. The van der Waals surface area contributed by atoms with Gasteiger partial charge in [0, 0.05) is 39.0 Å². The number of allylic oxidation sites excluding steroid dienone is 6. The van der Waals surface area contributed by atoms with Crippen LogP contribution in [0.3, 0.4) is 0 Å². The van der Waals surface area contributed by atoms with Gasteiger partial charge in [0.1, 0.15) is 28.5 Å². The molecule has 4 aromatic rings. The molecule has 4 N–H and O–H groups in total. The molecule has 8 heteroatoms. The monoisotopic (exact) mass is 532 g/mol. The zero-order valence-corrected chi connectivity index (χ0v) is 21.9. The molecule has 1 unspecified atom stereocenters. The number of hydrogen-bond acceptors (Lipinski definition) is 7. The van der Waals surface area contributed by atoms with Crippen molar-refractivity contribution in [3.8, 4) is 0 Å². The van der Waals surface area contributed by atoms with Gasteiger partial charge >= 0.3 is 0 Å². The fourth-order valence-corrected chi connectivity index (χ4v) is 5.60. The van der Waals surface area contributed by atoms with E-state index in [0.717, 1.165) is 44.1 Å². The van der Waals surface area contributed by atoms with Gasteiger partial charge in [0.05, 0.1) is 6.54 Å². The van der Waals surface area contributed by atoms with Crippen molar-refractivity contribution in [3.05, 3.63) is 154 Å². The lowest BCUT2D eigenvalue weighted by Gasteiger charge is -2.24. The van der Waals surface area contributed by atoms with Crippen molar-refractivity contribution in [2.75, 3.05) is 0 Å². The van der Waals surface area contributed by atoms with Crippen LogP contribution in [-0.4, -0.2) is 22.5 Å². The maximum Gasteiger partial charge on any atom is 0.164 e. The molecule has 0 amide bonds. The fraction of sp³-hybridized carbons (Fsp3) is 0.0606. The molecular formula is C33H24N8. The molecular weight excluding hydrogens is 508 g/mol. The van der Waals surface area contributed by atoms with Crippen LogP contribution < -0.4 is 22.0 Å². The number of nitrogens with one attached hydrogen (secondary N) is 2. The Hall–Kier alpha value is -5.63. The molecule has 1 aromatic heterocycles. The van der Waals surface area contributed by atoms with E-state index in [0.29, 0.717) is 41.2 Å². The van der Waals surface area contributed by atoms with Gasteiger partial charge in [-0.1, -0.05) is 97.1 Å². The normalized spacial score (nSPS) is 21.4. The number of amidine groups is 3. The minimum atomic E-state index is 0.00709. The van der Waals surface area contributed by atoms with Gasteiger partial charge in [-0.05, 0) is 11.6 Å². The van der Waals surface area contributed by atoms with Gasteiger partial charge in [-0.2, -0.15) is 0 Å². The van der Waals surface area contributed by atoms with Crippen molar-refractivity contribution in [1.29, 1.82) is 0 Å². The summed E-state index contributed by atoms with van der Waals surface area (Å²) in [5.41, 5.74) is 12.8. The molecule has 0 radical (unpaired) electrons. The number of nitrogens with zero attached hydrogens (tertiary/aromatic N) is 5. The highest BCUT2D eigenvalue weighted by Crippen LogP contribution is 2.30. The van der Waals surface area contributed by atoms with Gasteiger partial charge in [0.25, 0.3) is 0 Å². The van der Waals surface area contributed by atoms with Crippen molar-refractivity contribution in [2.24, 2.45) is 36.6 Å². The van der Waals surface area contributed by atoms with Crippen LogP contribution in [0.15, 0.2) is 145 Å². The van der Waals surface area contributed by atoms with Crippen molar-refractivity contribution in [1.82, 2.24) is 10.3 Å². The van der Waals surface area contributed by atoms with Crippen molar-refractivity contribution < 1.29 is 0 Å². The minimum Gasteiger partial charge on any atom is -0.383 e. The molecule has 3 aromatic carbocycles. The highest BCUT2D eigenvalue weighted by molar-refractivity contribution is 6.23. The standard InChI is InChI=1S/C33H24N8/c34-28-21-11-3-2-10-20(21)18-35-29-23-13-5-6-14-24(23)32(39-29)41-33-26-16-8-7-15-25(26)31(40-33)37-27-17-19-9-1-4-12-22(19)30(36-27)38-28/h1-17,19,36H,18H2,(H2,34,38)(H,35,37,39,40,41). The van der Waals surface area contributed by atoms with Crippen molar-refractivity contribution >= 4 is 28.3 Å². The highest BCUT2D eigenvalue weighted by atomic mass is 15.2. The summed E-state index contributed by atoms with van der Waals surface area (Å²) in [6, 6.07) is 24.1. The zero-order valence-electron chi connectivity index (χ0n) is 21.9. The first-order valence-electron chi connectivity index (χ1n) is 13.5. The van der Waals surface area contributed by atoms with Crippen molar-refractivity contribution in [2.45, 2.75) is 6.54 Å². The second-order valence-corrected chi connectivity index (χ2v) is 10.1. The Morgan fingerprint density at radius 2 is 1.41 bits per heavy atom. The van der Waals surface area contributed by atoms with Gasteiger partial charge < -0.3 is 16.0 Å². The molecule has 41 heavy (non-hydrogen) atoms. The second kappa shape index (κ2) is 9.24. The third-order valence-corrected chi connectivity index (χ3v) is 7.59. The molecule has 0 saturated heterocycles. The lowest BCUT2D eigenvalue weighted by Crippen LogP contribution is -2.25. The number of aromatic nitrogens is 1. The van der Waals surface area contributed by atoms with E-state index in [1.54, 1.807) is 0 Å². The van der Waals surface area contributed by atoms with Crippen LogP contribution in [0.2, 0.25) is 0 Å². The molecule has 8 rings (SSSR count). The quantitative estimate of drug-likeness (QED) is 0.318. The van der Waals surface area contributed by atoms with Gasteiger partial charge in [0.15, 0.2) is 11.7 Å². The lowest BCUT2D eigenvalue weighted by molar-refractivity contribution is 0.798. The third kappa shape index (κ3) is 3.96. The molecule has 6 bridgehead atoms. The largest absolute Gasteiger partial charge is 0.383 e. The number of fused-ring (bicyclic) bond motifs is 13. The first-order valence-corrected chi connectivity index (χ1v) is 13.5. The number of dihydropyridines is 1. The molecule has 1 atom stereocenters.